The molecule has 1 aliphatic rings. The van der Waals surface area contributed by atoms with E-state index in [9.17, 15) is 8.78 Å². The van der Waals surface area contributed by atoms with Crippen LogP contribution in [0.25, 0.3) is 0 Å². The first kappa shape index (κ1) is 14.8. The summed E-state index contributed by atoms with van der Waals surface area (Å²) in [5.74, 6) is 0. The Morgan fingerprint density at radius 1 is 1.29 bits per heavy atom. The highest BCUT2D eigenvalue weighted by atomic mass is 19.3. The number of rotatable bonds is 8. The molecule has 0 amide bonds. The van der Waals surface area contributed by atoms with Crippen LogP contribution in [0.15, 0.2) is 0 Å². The Labute approximate surface area is 103 Å². The van der Waals surface area contributed by atoms with Gasteiger partial charge < -0.3 is 10.1 Å². The maximum Gasteiger partial charge on any atom is 0.261 e. The molecule has 1 aliphatic carbocycles. The number of alkyl halides is 2. The van der Waals surface area contributed by atoms with E-state index < -0.39 is 13.0 Å². The minimum Gasteiger partial charge on any atom is -0.372 e. The fourth-order valence-electron chi connectivity index (χ4n) is 2.97. The Bertz CT molecular complexity index is 219. The van der Waals surface area contributed by atoms with Gasteiger partial charge in [-0.3, -0.25) is 0 Å². The second kappa shape index (κ2) is 6.64. The van der Waals surface area contributed by atoms with E-state index in [1.165, 1.54) is 0 Å². The van der Waals surface area contributed by atoms with E-state index in [0.29, 0.717) is 6.04 Å². The van der Waals surface area contributed by atoms with Crippen molar-refractivity contribution < 1.29 is 13.5 Å². The second-order valence-corrected chi connectivity index (χ2v) is 4.90. The van der Waals surface area contributed by atoms with Crippen LogP contribution < -0.4 is 5.32 Å². The van der Waals surface area contributed by atoms with E-state index in [0.717, 1.165) is 32.2 Å². The summed E-state index contributed by atoms with van der Waals surface area (Å²) < 4.78 is 29.7. The molecule has 0 heterocycles. The number of halogens is 2. The molecular formula is C13H25F2NO. The van der Waals surface area contributed by atoms with Crippen LogP contribution >= 0.6 is 0 Å². The monoisotopic (exact) mass is 249 g/mol. The SMILES string of the molecule is CCCNC1CC(OCC(F)F)C1(CC)CC. The summed E-state index contributed by atoms with van der Waals surface area (Å²) in [7, 11) is 0. The van der Waals surface area contributed by atoms with E-state index >= 15 is 0 Å². The van der Waals surface area contributed by atoms with Gasteiger partial charge in [0.2, 0.25) is 0 Å². The molecule has 17 heavy (non-hydrogen) atoms. The molecule has 0 aromatic carbocycles. The minimum absolute atomic E-state index is 0.000793. The van der Waals surface area contributed by atoms with Gasteiger partial charge >= 0.3 is 0 Å². The molecule has 4 heteroatoms. The molecular weight excluding hydrogens is 224 g/mol. The van der Waals surface area contributed by atoms with E-state index in [4.69, 9.17) is 4.74 Å². The first-order chi connectivity index (χ1) is 8.10. The summed E-state index contributed by atoms with van der Waals surface area (Å²) in [5, 5.41) is 3.51. The number of hydrogen-bond donors (Lipinski definition) is 1. The Kier molecular flexibility index (Phi) is 5.80. The van der Waals surface area contributed by atoms with Crippen LogP contribution in [-0.4, -0.2) is 31.7 Å². The maximum absolute atomic E-state index is 12.2. The van der Waals surface area contributed by atoms with Crippen LogP contribution in [0.4, 0.5) is 8.78 Å². The lowest BCUT2D eigenvalue weighted by molar-refractivity contribution is -0.158. The second-order valence-electron chi connectivity index (χ2n) is 4.90. The molecule has 2 nitrogen and oxygen atoms in total. The largest absolute Gasteiger partial charge is 0.372 e. The number of hydrogen-bond acceptors (Lipinski definition) is 2. The molecule has 2 atom stereocenters. The Morgan fingerprint density at radius 3 is 2.41 bits per heavy atom. The fraction of sp³-hybridized carbons (Fsp3) is 1.00. The molecule has 0 aromatic rings. The molecule has 1 fully saturated rings. The van der Waals surface area contributed by atoms with Gasteiger partial charge in [0.15, 0.2) is 0 Å². The van der Waals surface area contributed by atoms with Gasteiger partial charge in [-0.05, 0) is 32.2 Å². The summed E-state index contributed by atoms with van der Waals surface area (Å²) in [6.45, 7) is 6.96. The van der Waals surface area contributed by atoms with Crippen molar-refractivity contribution in [2.75, 3.05) is 13.2 Å². The number of ether oxygens (including phenoxy) is 1. The van der Waals surface area contributed by atoms with Crippen molar-refractivity contribution in [2.24, 2.45) is 5.41 Å². The third-order valence-corrected chi connectivity index (χ3v) is 4.17. The molecule has 1 N–H and O–H groups in total. The fourth-order valence-corrected chi connectivity index (χ4v) is 2.97. The van der Waals surface area contributed by atoms with Crippen LogP contribution in [0, 0.1) is 5.41 Å². The van der Waals surface area contributed by atoms with Crippen LogP contribution in [-0.2, 0) is 4.74 Å². The summed E-state index contributed by atoms with van der Waals surface area (Å²) in [6, 6.07) is 0.431. The van der Waals surface area contributed by atoms with E-state index in [2.05, 4.69) is 26.1 Å². The lowest BCUT2D eigenvalue weighted by Crippen LogP contribution is -2.63. The smallest absolute Gasteiger partial charge is 0.261 e. The molecule has 1 rings (SSSR count). The number of nitrogens with one attached hydrogen (secondary N) is 1. The summed E-state index contributed by atoms with van der Waals surface area (Å²) in [4.78, 5) is 0. The molecule has 0 aromatic heterocycles. The van der Waals surface area contributed by atoms with Gasteiger partial charge in [0.05, 0.1) is 6.10 Å². The highest BCUT2D eigenvalue weighted by Gasteiger charge is 2.53. The standard InChI is InChI=1S/C13H25F2NO/c1-4-7-16-10-8-11(17-9-12(14)15)13(10,5-2)6-3/h10-12,16H,4-9H2,1-3H3. The lowest BCUT2D eigenvalue weighted by Gasteiger charge is -2.55. The van der Waals surface area contributed by atoms with Gasteiger partial charge in [-0.2, -0.15) is 0 Å². The van der Waals surface area contributed by atoms with Gasteiger partial charge in [-0.15, -0.1) is 0 Å². The van der Waals surface area contributed by atoms with Crippen LogP contribution in [0.3, 0.4) is 0 Å². The third-order valence-electron chi connectivity index (χ3n) is 4.17. The van der Waals surface area contributed by atoms with Crippen molar-refractivity contribution in [2.45, 2.75) is 65.0 Å². The summed E-state index contributed by atoms with van der Waals surface area (Å²) >= 11 is 0. The van der Waals surface area contributed by atoms with Gasteiger partial charge in [-0.25, -0.2) is 8.78 Å². The van der Waals surface area contributed by atoms with Crippen molar-refractivity contribution >= 4 is 0 Å². The van der Waals surface area contributed by atoms with Crippen molar-refractivity contribution in [3.8, 4) is 0 Å². The van der Waals surface area contributed by atoms with E-state index in [1.807, 2.05) is 0 Å². The van der Waals surface area contributed by atoms with Gasteiger partial charge in [-0.1, -0.05) is 20.8 Å². The normalized spacial score (nSPS) is 27.2. The average molecular weight is 249 g/mol. The molecule has 102 valence electrons. The Morgan fingerprint density at radius 2 is 1.94 bits per heavy atom. The van der Waals surface area contributed by atoms with Crippen LogP contribution in [0.5, 0.6) is 0 Å². The predicted octanol–water partition coefficient (Wildman–Crippen LogP) is 3.22. The van der Waals surface area contributed by atoms with Crippen molar-refractivity contribution in [3.63, 3.8) is 0 Å². The van der Waals surface area contributed by atoms with Crippen LogP contribution in [0.1, 0.15) is 46.5 Å². The van der Waals surface area contributed by atoms with E-state index in [-0.39, 0.29) is 11.5 Å². The Balaban J connectivity index is 2.51. The van der Waals surface area contributed by atoms with E-state index in [1.54, 1.807) is 0 Å². The zero-order valence-corrected chi connectivity index (χ0v) is 11.1. The zero-order chi connectivity index (χ0) is 12.9. The predicted molar refractivity (Wildman–Crippen MR) is 65.5 cm³/mol. The highest BCUT2D eigenvalue weighted by molar-refractivity contribution is 5.06. The zero-order valence-electron chi connectivity index (χ0n) is 11.1. The van der Waals surface area contributed by atoms with Crippen molar-refractivity contribution in [3.05, 3.63) is 0 Å². The third kappa shape index (κ3) is 3.16. The van der Waals surface area contributed by atoms with Crippen molar-refractivity contribution in [1.82, 2.24) is 5.32 Å². The molecule has 0 aliphatic heterocycles. The molecule has 0 spiro atoms. The first-order valence-electron chi connectivity index (χ1n) is 6.73. The quantitative estimate of drug-likeness (QED) is 0.713. The molecule has 0 bridgehead atoms. The maximum atomic E-state index is 12.2. The summed E-state index contributed by atoms with van der Waals surface area (Å²) in [6.07, 6.45) is 1.58. The first-order valence-corrected chi connectivity index (χ1v) is 6.73. The average Bonchev–Trinajstić information content (AvgIpc) is 2.28. The Hall–Kier alpha value is -0.220. The van der Waals surface area contributed by atoms with Crippen molar-refractivity contribution in [1.29, 1.82) is 0 Å². The van der Waals surface area contributed by atoms with Gasteiger partial charge in [0.25, 0.3) is 6.43 Å². The lowest BCUT2D eigenvalue weighted by atomic mass is 9.58. The van der Waals surface area contributed by atoms with Gasteiger partial charge in [0.1, 0.15) is 6.61 Å². The minimum atomic E-state index is -2.36. The van der Waals surface area contributed by atoms with Crippen LogP contribution in [0.2, 0.25) is 0 Å². The molecule has 0 radical (unpaired) electrons. The topological polar surface area (TPSA) is 21.3 Å². The molecule has 1 saturated carbocycles. The highest BCUT2D eigenvalue weighted by Crippen LogP contribution is 2.48. The molecule has 2 unspecified atom stereocenters. The van der Waals surface area contributed by atoms with Gasteiger partial charge in [0, 0.05) is 11.5 Å². The molecule has 0 saturated heterocycles. The summed E-state index contributed by atoms with van der Waals surface area (Å²) in [5.41, 5.74) is 0.0596.